The van der Waals surface area contributed by atoms with Crippen molar-refractivity contribution >= 4 is 5.84 Å². The van der Waals surface area contributed by atoms with Crippen LogP contribution < -0.4 is 5.32 Å². The minimum atomic E-state index is -0.405. The maximum atomic E-state index is 11.7. The average molecular weight is 174 g/mol. The standard InChI is InChI=1S/C9H19FN2/c1-9(2,3)5-4-8(11)12-7-6-10/h4-7H2,1-3H3,(H2,11,12). The van der Waals surface area contributed by atoms with Crippen LogP contribution in [-0.4, -0.2) is 19.1 Å². The Morgan fingerprint density at radius 1 is 1.42 bits per heavy atom. The van der Waals surface area contributed by atoms with Gasteiger partial charge in [0.25, 0.3) is 0 Å². The second-order valence-corrected chi connectivity index (χ2v) is 4.15. The molecule has 0 radical (unpaired) electrons. The van der Waals surface area contributed by atoms with Gasteiger partial charge in [-0.3, -0.25) is 5.41 Å². The van der Waals surface area contributed by atoms with Gasteiger partial charge in [-0.25, -0.2) is 4.39 Å². The molecule has 0 aromatic carbocycles. The molecule has 12 heavy (non-hydrogen) atoms. The lowest BCUT2D eigenvalue weighted by Gasteiger charge is -2.18. The first-order chi connectivity index (χ1) is 5.45. The first-order valence-electron chi connectivity index (χ1n) is 4.33. The second kappa shape index (κ2) is 5.12. The summed E-state index contributed by atoms with van der Waals surface area (Å²) >= 11 is 0. The third-order valence-corrected chi connectivity index (χ3v) is 1.56. The summed E-state index contributed by atoms with van der Waals surface area (Å²) in [4.78, 5) is 0. The van der Waals surface area contributed by atoms with Gasteiger partial charge in [-0.2, -0.15) is 0 Å². The lowest BCUT2D eigenvalue weighted by atomic mass is 9.90. The van der Waals surface area contributed by atoms with E-state index in [1.54, 1.807) is 0 Å². The highest BCUT2D eigenvalue weighted by molar-refractivity contribution is 5.78. The predicted octanol–water partition coefficient (Wildman–Crippen LogP) is 2.35. The third kappa shape index (κ3) is 7.51. The predicted molar refractivity (Wildman–Crippen MR) is 50.4 cm³/mol. The Morgan fingerprint density at radius 2 is 2.00 bits per heavy atom. The smallest absolute Gasteiger partial charge is 0.107 e. The number of nitrogens with one attached hydrogen (secondary N) is 2. The van der Waals surface area contributed by atoms with E-state index < -0.39 is 6.67 Å². The lowest BCUT2D eigenvalue weighted by molar-refractivity contribution is 0.383. The van der Waals surface area contributed by atoms with Crippen molar-refractivity contribution in [1.82, 2.24) is 5.32 Å². The molecule has 0 aromatic heterocycles. The lowest BCUT2D eigenvalue weighted by Crippen LogP contribution is -2.25. The molecule has 0 saturated heterocycles. The Hall–Kier alpha value is -0.600. The molecule has 0 heterocycles. The fraction of sp³-hybridized carbons (Fsp3) is 0.889. The van der Waals surface area contributed by atoms with E-state index >= 15 is 0 Å². The molecule has 72 valence electrons. The van der Waals surface area contributed by atoms with Crippen LogP contribution in [0.15, 0.2) is 0 Å². The molecule has 0 aromatic rings. The second-order valence-electron chi connectivity index (χ2n) is 4.15. The van der Waals surface area contributed by atoms with Crippen molar-refractivity contribution in [2.75, 3.05) is 13.2 Å². The Morgan fingerprint density at radius 3 is 2.42 bits per heavy atom. The highest BCUT2D eigenvalue weighted by Crippen LogP contribution is 2.20. The van der Waals surface area contributed by atoms with Crippen LogP contribution >= 0.6 is 0 Å². The molecule has 0 aliphatic heterocycles. The summed E-state index contributed by atoms with van der Waals surface area (Å²) < 4.78 is 11.7. The number of hydrogen-bond acceptors (Lipinski definition) is 1. The zero-order chi connectivity index (χ0) is 9.61. The first-order valence-corrected chi connectivity index (χ1v) is 4.33. The summed E-state index contributed by atoms with van der Waals surface area (Å²) in [5, 5.41) is 10.1. The highest BCUT2D eigenvalue weighted by atomic mass is 19.1. The molecule has 0 aliphatic carbocycles. The highest BCUT2D eigenvalue weighted by Gasteiger charge is 2.10. The van der Waals surface area contributed by atoms with Crippen LogP contribution in [0, 0.1) is 10.8 Å². The van der Waals surface area contributed by atoms with Gasteiger partial charge < -0.3 is 5.32 Å². The molecule has 2 N–H and O–H groups in total. The van der Waals surface area contributed by atoms with E-state index in [4.69, 9.17) is 5.41 Å². The van der Waals surface area contributed by atoms with Crippen LogP contribution in [0.25, 0.3) is 0 Å². The van der Waals surface area contributed by atoms with E-state index in [9.17, 15) is 4.39 Å². The van der Waals surface area contributed by atoms with Gasteiger partial charge in [0.05, 0.1) is 5.84 Å². The molecular formula is C9H19FN2. The first kappa shape index (κ1) is 11.4. The van der Waals surface area contributed by atoms with Crippen molar-refractivity contribution in [1.29, 1.82) is 5.41 Å². The topological polar surface area (TPSA) is 35.9 Å². The minimum absolute atomic E-state index is 0.254. The number of rotatable bonds is 4. The van der Waals surface area contributed by atoms with Crippen molar-refractivity contribution in [3.63, 3.8) is 0 Å². The van der Waals surface area contributed by atoms with Crippen LogP contribution in [0.4, 0.5) is 4.39 Å². The number of amidine groups is 1. The molecule has 2 nitrogen and oxygen atoms in total. The number of hydrogen-bond donors (Lipinski definition) is 2. The third-order valence-electron chi connectivity index (χ3n) is 1.56. The molecule has 0 aliphatic rings. The van der Waals surface area contributed by atoms with E-state index in [-0.39, 0.29) is 12.0 Å². The van der Waals surface area contributed by atoms with Gasteiger partial charge in [-0.15, -0.1) is 0 Å². The Labute approximate surface area is 74.1 Å². The van der Waals surface area contributed by atoms with Crippen LogP contribution in [0.3, 0.4) is 0 Å². The van der Waals surface area contributed by atoms with E-state index in [2.05, 4.69) is 26.1 Å². The van der Waals surface area contributed by atoms with Crippen molar-refractivity contribution in [2.24, 2.45) is 5.41 Å². The Balaban J connectivity index is 3.44. The molecule has 0 unspecified atom stereocenters. The van der Waals surface area contributed by atoms with Crippen molar-refractivity contribution in [2.45, 2.75) is 33.6 Å². The van der Waals surface area contributed by atoms with Gasteiger partial charge in [0, 0.05) is 13.0 Å². The van der Waals surface area contributed by atoms with Crippen LogP contribution in [0.2, 0.25) is 0 Å². The van der Waals surface area contributed by atoms with Crippen molar-refractivity contribution < 1.29 is 4.39 Å². The maximum absolute atomic E-state index is 11.7. The number of halogens is 1. The van der Waals surface area contributed by atoms with Gasteiger partial charge in [-0.05, 0) is 11.8 Å². The average Bonchev–Trinajstić information content (AvgIpc) is 1.95. The molecule has 3 heteroatoms. The fourth-order valence-corrected chi connectivity index (χ4v) is 0.787. The van der Waals surface area contributed by atoms with Crippen molar-refractivity contribution in [3.8, 4) is 0 Å². The Bertz CT molecular complexity index is 138. The van der Waals surface area contributed by atoms with Crippen LogP contribution in [-0.2, 0) is 0 Å². The summed E-state index contributed by atoms with van der Waals surface area (Å²) in [5.74, 6) is 0.447. The van der Waals surface area contributed by atoms with E-state index in [0.717, 1.165) is 6.42 Å². The fourth-order valence-electron chi connectivity index (χ4n) is 0.787. The molecule has 0 fully saturated rings. The Kier molecular flexibility index (Phi) is 4.86. The van der Waals surface area contributed by atoms with Crippen LogP contribution in [0.1, 0.15) is 33.6 Å². The summed E-state index contributed by atoms with van der Waals surface area (Å²) in [5.41, 5.74) is 0.254. The zero-order valence-corrected chi connectivity index (χ0v) is 8.21. The monoisotopic (exact) mass is 174 g/mol. The minimum Gasteiger partial charge on any atom is -0.371 e. The summed E-state index contributed by atoms with van der Waals surface area (Å²) in [6.07, 6.45) is 1.68. The molecule has 0 rings (SSSR count). The molecule has 0 amide bonds. The van der Waals surface area contributed by atoms with E-state index in [0.29, 0.717) is 12.3 Å². The number of alkyl halides is 1. The van der Waals surface area contributed by atoms with Gasteiger partial charge in [0.2, 0.25) is 0 Å². The van der Waals surface area contributed by atoms with Gasteiger partial charge in [-0.1, -0.05) is 20.8 Å². The normalized spacial score (nSPS) is 11.3. The van der Waals surface area contributed by atoms with Gasteiger partial charge in [0.15, 0.2) is 0 Å². The van der Waals surface area contributed by atoms with E-state index in [1.165, 1.54) is 0 Å². The van der Waals surface area contributed by atoms with E-state index in [1.807, 2.05) is 0 Å². The molecule has 0 atom stereocenters. The molecular weight excluding hydrogens is 155 g/mol. The molecule has 0 bridgehead atoms. The van der Waals surface area contributed by atoms with Crippen LogP contribution in [0.5, 0.6) is 0 Å². The maximum Gasteiger partial charge on any atom is 0.107 e. The summed E-state index contributed by atoms with van der Waals surface area (Å²) in [6.45, 7) is 6.27. The summed E-state index contributed by atoms with van der Waals surface area (Å²) in [6, 6.07) is 0. The largest absolute Gasteiger partial charge is 0.371 e. The quantitative estimate of drug-likeness (QED) is 0.498. The SMILES string of the molecule is CC(C)(C)CCC(=N)NCCF. The molecule has 0 saturated carbocycles. The summed E-state index contributed by atoms with van der Waals surface area (Å²) in [7, 11) is 0. The van der Waals surface area contributed by atoms with Crippen molar-refractivity contribution in [3.05, 3.63) is 0 Å². The van der Waals surface area contributed by atoms with Gasteiger partial charge >= 0.3 is 0 Å². The molecule has 0 spiro atoms. The zero-order valence-electron chi connectivity index (χ0n) is 8.21. The van der Waals surface area contributed by atoms with Gasteiger partial charge in [0.1, 0.15) is 6.67 Å².